The number of fused-ring (bicyclic) bond motifs is 1. The first-order valence-electron chi connectivity index (χ1n) is 9.81. The Hall–Kier alpha value is -2.96. The van der Waals surface area contributed by atoms with E-state index in [9.17, 15) is 4.79 Å². The molecule has 0 bridgehead atoms. The number of nitrogens with zero attached hydrogens (tertiary/aromatic N) is 6. The van der Waals surface area contributed by atoms with Gasteiger partial charge in [0.15, 0.2) is 0 Å². The Morgan fingerprint density at radius 2 is 1.89 bits per heavy atom. The number of amides is 1. The van der Waals surface area contributed by atoms with E-state index in [0.29, 0.717) is 31.2 Å². The topological polar surface area (TPSA) is 66.6 Å². The molecule has 7 heteroatoms. The third-order valence-electron chi connectivity index (χ3n) is 5.45. The van der Waals surface area contributed by atoms with Crippen LogP contribution >= 0.6 is 0 Å². The van der Waals surface area contributed by atoms with Crippen molar-refractivity contribution < 1.29 is 4.79 Å². The van der Waals surface area contributed by atoms with Crippen molar-refractivity contribution in [3.63, 3.8) is 0 Å². The second-order valence-electron chi connectivity index (χ2n) is 7.67. The molecule has 28 heavy (non-hydrogen) atoms. The summed E-state index contributed by atoms with van der Waals surface area (Å²) in [5.41, 5.74) is 3.42. The molecule has 1 amide bonds. The van der Waals surface area contributed by atoms with Crippen molar-refractivity contribution in [3.05, 3.63) is 53.5 Å². The number of piperazine rings is 1. The maximum Gasteiger partial charge on any atom is 0.256 e. The zero-order valence-electron chi connectivity index (χ0n) is 16.7. The largest absolute Gasteiger partial charge is 0.353 e. The van der Waals surface area contributed by atoms with Gasteiger partial charge in [-0.3, -0.25) is 9.20 Å². The first kappa shape index (κ1) is 18.4. The molecular weight excluding hydrogens is 352 g/mol. The monoisotopic (exact) mass is 378 g/mol. The molecule has 3 heterocycles. The summed E-state index contributed by atoms with van der Waals surface area (Å²) in [6.45, 7) is 9.33. The van der Waals surface area contributed by atoms with Crippen molar-refractivity contribution in [2.75, 3.05) is 31.1 Å². The van der Waals surface area contributed by atoms with E-state index in [1.807, 2.05) is 27.5 Å². The molecule has 4 rings (SSSR count). The van der Waals surface area contributed by atoms with Gasteiger partial charge in [-0.2, -0.15) is 4.98 Å². The number of anilines is 1. The minimum atomic E-state index is 0.192. The Labute approximate surface area is 165 Å². The predicted octanol–water partition coefficient (Wildman–Crippen LogP) is 2.45. The van der Waals surface area contributed by atoms with Crippen molar-refractivity contribution in [2.45, 2.75) is 33.1 Å². The van der Waals surface area contributed by atoms with E-state index >= 15 is 0 Å². The molecule has 146 valence electrons. The standard InChI is InChI=1S/C21H26N6O/c1-15(2)18-13-19(23-21-24-22-14-27(18)21)25-8-10-26(11-9-25)20(28)12-17-7-5-4-6-16(17)3/h4-7,13-15H,8-12H2,1-3H3. The second-order valence-corrected chi connectivity index (χ2v) is 7.67. The first-order chi connectivity index (χ1) is 13.5. The quantitative estimate of drug-likeness (QED) is 0.698. The van der Waals surface area contributed by atoms with Crippen LogP contribution in [-0.4, -0.2) is 56.6 Å². The molecule has 0 saturated carbocycles. The van der Waals surface area contributed by atoms with Crippen LogP contribution in [0, 0.1) is 6.92 Å². The van der Waals surface area contributed by atoms with Gasteiger partial charge in [0.1, 0.15) is 12.1 Å². The van der Waals surface area contributed by atoms with Gasteiger partial charge in [-0.25, -0.2) is 0 Å². The number of rotatable bonds is 4. The van der Waals surface area contributed by atoms with Crippen LogP contribution in [0.5, 0.6) is 0 Å². The van der Waals surface area contributed by atoms with Crippen LogP contribution in [0.15, 0.2) is 36.7 Å². The number of carbonyl (C=O) groups excluding carboxylic acids is 1. The van der Waals surface area contributed by atoms with Crippen LogP contribution in [-0.2, 0) is 11.2 Å². The van der Waals surface area contributed by atoms with Crippen molar-refractivity contribution in [1.29, 1.82) is 0 Å². The average Bonchev–Trinajstić information content (AvgIpc) is 3.17. The number of hydrogen-bond donors (Lipinski definition) is 0. The summed E-state index contributed by atoms with van der Waals surface area (Å²) >= 11 is 0. The molecule has 0 radical (unpaired) electrons. The van der Waals surface area contributed by atoms with Crippen LogP contribution in [0.25, 0.3) is 5.78 Å². The van der Waals surface area contributed by atoms with Crippen LogP contribution in [0.1, 0.15) is 36.6 Å². The summed E-state index contributed by atoms with van der Waals surface area (Å²) in [6.07, 6.45) is 2.18. The van der Waals surface area contributed by atoms with Gasteiger partial charge < -0.3 is 9.80 Å². The minimum absolute atomic E-state index is 0.192. The fourth-order valence-corrected chi connectivity index (χ4v) is 3.70. The summed E-state index contributed by atoms with van der Waals surface area (Å²) in [7, 11) is 0. The van der Waals surface area contributed by atoms with Crippen molar-refractivity contribution >= 4 is 17.5 Å². The second kappa shape index (κ2) is 7.58. The number of hydrogen-bond acceptors (Lipinski definition) is 5. The molecule has 2 aromatic heterocycles. The molecule has 1 aromatic carbocycles. The maximum atomic E-state index is 12.7. The molecule has 3 aromatic rings. The van der Waals surface area contributed by atoms with E-state index in [4.69, 9.17) is 0 Å². The summed E-state index contributed by atoms with van der Waals surface area (Å²) in [4.78, 5) is 21.6. The van der Waals surface area contributed by atoms with Crippen molar-refractivity contribution in [2.24, 2.45) is 0 Å². The average molecular weight is 378 g/mol. The van der Waals surface area contributed by atoms with Gasteiger partial charge in [-0.05, 0) is 24.0 Å². The van der Waals surface area contributed by atoms with Crippen molar-refractivity contribution in [3.8, 4) is 0 Å². The number of benzene rings is 1. The van der Waals surface area contributed by atoms with Crippen molar-refractivity contribution in [1.82, 2.24) is 24.5 Å². The van der Waals surface area contributed by atoms with E-state index in [0.717, 1.165) is 30.2 Å². The van der Waals surface area contributed by atoms with Gasteiger partial charge in [0, 0.05) is 37.9 Å². The summed E-state index contributed by atoms with van der Waals surface area (Å²) in [5.74, 6) is 2.07. The lowest BCUT2D eigenvalue weighted by Gasteiger charge is -2.35. The third kappa shape index (κ3) is 3.56. The summed E-state index contributed by atoms with van der Waals surface area (Å²) in [5, 5.41) is 8.12. The van der Waals surface area contributed by atoms with Gasteiger partial charge in [0.25, 0.3) is 5.78 Å². The van der Waals surface area contributed by atoms with Gasteiger partial charge in [-0.15, -0.1) is 10.2 Å². The van der Waals surface area contributed by atoms with Gasteiger partial charge in [0.2, 0.25) is 5.91 Å². The number of aryl methyl sites for hydroxylation is 1. The molecule has 0 atom stereocenters. The van der Waals surface area contributed by atoms with Gasteiger partial charge in [-0.1, -0.05) is 38.1 Å². The Bertz CT molecular complexity index is 987. The third-order valence-corrected chi connectivity index (χ3v) is 5.45. The highest BCUT2D eigenvalue weighted by Gasteiger charge is 2.23. The molecule has 1 saturated heterocycles. The fourth-order valence-electron chi connectivity index (χ4n) is 3.70. The van der Waals surface area contributed by atoms with E-state index < -0.39 is 0 Å². The molecule has 1 aliphatic heterocycles. The lowest BCUT2D eigenvalue weighted by Crippen LogP contribution is -2.49. The first-order valence-corrected chi connectivity index (χ1v) is 9.81. The smallest absolute Gasteiger partial charge is 0.256 e. The zero-order chi connectivity index (χ0) is 19.7. The highest BCUT2D eigenvalue weighted by atomic mass is 16.2. The molecule has 7 nitrogen and oxygen atoms in total. The molecule has 0 aliphatic carbocycles. The van der Waals surface area contributed by atoms with E-state index in [1.54, 1.807) is 6.33 Å². The predicted molar refractivity (Wildman–Crippen MR) is 109 cm³/mol. The lowest BCUT2D eigenvalue weighted by molar-refractivity contribution is -0.130. The maximum absolute atomic E-state index is 12.7. The summed E-state index contributed by atoms with van der Waals surface area (Å²) in [6, 6.07) is 10.2. The van der Waals surface area contributed by atoms with Crippen LogP contribution in [0.2, 0.25) is 0 Å². The Kier molecular flexibility index (Phi) is 4.98. The molecule has 0 N–H and O–H groups in total. The molecule has 0 unspecified atom stereocenters. The zero-order valence-corrected chi connectivity index (χ0v) is 16.7. The fraction of sp³-hybridized carbons (Fsp3) is 0.429. The Morgan fingerprint density at radius 1 is 1.14 bits per heavy atom. The van der Waals surface area contributed by atoms with Gasteiger partial charge in [0.05, 0.1) is 6.42 Å². The molecule has 1 aliphatic rings. The van der Waals surface area contributed by atoms with Crippen LogP contribution < -0.4 is 4.90 Å². The molecule has 1 fully saturated rings. The minimum Gasteiger partial charge on any atom is -0.353 e. The highest BCUT2D eigenvalue weighted by molar-refractivity contribution is 5.79. The molecular formula is C21H26N6O. The number of carbonyl (C=O) groups is 1. The van der Waals surface area contributed by atoms with E-state index in [1.165, 1.54) is 5.56 Å². The Morgan fingerprint density at radius 3 is 2.61 bits per heavy atom. The van der Waals surface area contributed by atoms with E-state index in [2.05, 4.69) is 53.0 Å². The van der Waals surface area contributed by atoms with Crippen LogP contribution in [0.4, 0.5) is 5.82 Å². The van der Waals surface area contributed by atoms with Gasteiger partial charge >= 0.3 is 0 Å². The van der Waals surface area contributed by atoms with Crippen LogP contribution in [0.3, 0.4) is 0 Å². The SMILES string of the molecule is Cc1ccccc1CC(=O)N1CCN(c2cc(C(C)C)n3cnnc3n2)CC1. The summed E-state index contributed by atoms with van der Waals surface area (Å²) < 4.78 is 1.94. The highest BCUT2D eigenvalue weighted by Crippen LogP contribution is 2.22. The lowest BCUT2D eigenvalue weighted by atomic mass is 10.1. The normalized spacial score (nSPS) is 14.9. The Balaban J connectivity index is 1.45. The molecule has 0 spiro atoms. The number of aromatic nitrogens is 4. The van der Waals surface area contributed by atoms with E-state index in [-0.39, 0.29) is 5.91 Å².